The van der Waals surface area contributed by atoms with Gasteiger partial charge in [0.15, 0.2) is 0 Å². The normalized spacial score (nSPS) is 10.5. The molecule has 3 rings (SSSR count). The lowest BCUT2D eigenvalue weighted by molar-refractivity contribution is 0.0953. The van der Waals surface area contributed by atoms with Gasteiger partial charge in [0.25, 0.3) is 5.91 Å². The van der Waals surface area contributed by atoms with Crippen LogP contribution >= 0.6 is 0 Å². The summed E-state index contributed by atoms with van der Waals surface area (Å²) in [7, 11) is 1.62. The number of methoxy groups -OCH3 is 1. The van der Waals surface area contributed by atoms with Crippen LogP contribution in [-0.4, -0.2) is 29.7 Å². The van der Waals surface area contributed by atoms with Crippen molar-refractivity contribution >= 4 is 5.91 Å². The number of amides is 1. The molecule has 1 aromatic heterocycles. The molecule has 25 heavy (non-hydrogen) atoms. The van der Waals surface area contributed by atoms with Crippen molar-refractivity contribution in [2.24, 2.45) is 0 Å². The number of nitrogens with one attached hydrogen (secondary N) is 1. The first-order chi connectivity index (χ1) is 12.2. The van der Waals surface area contributed by atoms with E-state index in [1.807, 2.05) is 43.3 Å². The van der Waals surface area contributed by atoms with Gasteiger partial charge in [-0.25, -0.2) is 0 Å². The molecule has 0 bridgehead atoms. The summed E-state index contributed by atoms with van der Waals surface area (Å²) in [5.41, 5.74) is 2.60. The van der Waals surface area contributed by atoms with Crippen LogP contribution in [0.15, 0.2) is 53.1 Å². The van der Waals surface area contributed by atoms with E-state index in [1.54, 1.807) is 19.2 Å². The smallest absolute Gasteiger partial charge is 0.251 e. The van der Waals surface area contributed by atoms with Crippen LogP contribution in [0.1, 0.15) is 21.8 Å². The number of carbonyl (C=O) groups is 1. The van der Waals surface area contributed by atoms with Crippen LogP contribution in [0, 0.1) is 6.92 Å². The van der Waals surface area contributed by atoms with Gasteiger partial charge in [-0.05, 0) is 43.3 Å². The predicted molar refractivity (Wildman–Crippen MR) is 93.5 cm³/mol. The average Bonchev–Trinajstić information content (AvgIpc) is 3.11. The van der Waals surface area contributed by atoms with Gasteiger partial charge < -0.3 is 14.6 Å². The molecule has 1 N–H and O–H groups in total. The molecule has 0 aliphatic heterocycles. The summed E-state index contributed by atoms with van der Waals surface area (Å²) in [6.07, 6.45) is 0.473. The van der Waals surface area contributed by atoms with Gasteiger partial charge in [0.2, 0.25) is 11.7 Å². The molecule has 0 fully saturated rings. The second-order valence-corrected chi connectivity index (χ2v) is 5.61. The molecule has 3 aromatic rings. The number of ether oxygens (including phenoxy) is 1. The Balaban J connectivity index is 1.54. The molecule has 0 spiro atoms. The standard InChI is InChI=1S/C19H19N3O3/c1-13-3-5-15(6-4-13)19(23)20-12-11-17-21-18(22-25-17)14-7-9-16(24-2)10-8-14/h3-10H,11-12H2,1-2H3,(H,20,23). The minimum absolute atomic E-state index is 0.116. The van der Waals surface area contributed by atoms with Gasteiger partial charge in [-0.2, -0.15) is 4.98 Å². The molecular weight excluding hydrogens is 318 g/mol. The number of carbonyl (C=O) groups excluding carboxylic acids is 1. The SMILES string of the molecule is COc1ccc(-c2noc(CCNC(=O)c3ccc(C)cc3)n2)cc1. The largest absolute Gasteiger partial charge is 0.497 e. The Kier molecular flexibility index (Phi) is 5.09. The third kappa shape index (κ3) is 4.23. The molecule has 2 aromatic carbocycles. The number of hydrogen-bond acceptors (Lipinski definition) is 5. The molecule has 1 heterocycles. The molecule has 1 amide bonds. The van der Waals surface area contributed by atoms with E-state index in [2.05, 4.69) is 15.5 Å². The Labute approximate surface area is 145 Å². The summed E-state index contributed by atoms with van der Waals surface area (Å²) < 4.78 is 10.4. The van der Waals surface area contributed by atoms with E-state index in [0.717, 1.165) is 16.9 Å². The minimum atomic E-state index is -0.116. The molecule has 0 unspecified atom stereocenters. The van der Waals surface area contributed by atoms with Crippen LogP contribution in [0.25, 0.3) is 11.4 Å². The molecule has 6 nitrogen and oxygen atoms in total. The zero-order valence-corrected chi connectivity index (χ0v) is 14.2. The third-order valence-electron chi connectivity index (χ3n) is 3.75. The average molecular weight is 337 g/mol. The molecule has 0 saturated heterocycles. The Morgan fingerprint density at radius 2 is 1.84 bits per heavy atom. The van der Waals surface area contributed by atoms with E-state index in [9.17, 15) is 4.79 Å². The first kappa shape index (κ1) is 16.7. The van der Waals surface area contributed by atoms with Crippen LogP contribution in [-0.2, 0) is 6.42 Å². The van der Waals surface area contributed by atoms with Gasteiger partial charge in [0.05, 0.1) is 7.11 Å². The van der Waals surface area contributed by atoms with Crippen molar-refractivity contribution in [2.75, 3.05) is 13.7 Å². The van der Waals surface area contributed by atoms with Gasteiger partial charge in [-0.3, -0.25) is 4.79 Å². The maximum absolute atomic E-state index is 12.0. The molecule has 6 heteroatoms. The third-order valence-corrected chi connectivity index (χ3v) is 3.75. The van der Waals surface area contributed by atoms with E-state index in [4.69, 9.17) is 9.26 Å². The number of aryl methyl sites for hydroxylation is 1. The number of nitrogens with zero attached hydrogens (tertiary/aromatic N) is 2. The fourth-order valence-electron chi connectivity index (χ4n) is 2.30. The topological polar surface area (TPSA) is 77.3 Å². The van der Waals surface area contributed by atoms with Crippen LogP contribution in [0.4, 0.5) is 0 Å². The number of aromatic nitrogens is 2. The predicted octanol–water partition coefficient (Wildman–Crippen LogP) is 3.03. The quantitative estimate of drug-likeness (QED) is 0.748. The van der Waals surface area contributed by atoms with Crippen molar-refractivity contribution in [1.29, 1.82) is 0 Å². The summed E-state index contributed by atoms with van der Waals surface area (Å²) in [5, 5.41) is 6.82. The van der Waals surface area contributed by atoms with Gasteiger partial charge in [0.1, 0.15) is 5.75 Å². The fourth-order valence-corrected chi connectivity index (χ4v) is 2.30. The molecule has 0 radical (unpaired) electrons. The summed E-state index contributed by atoms with van der Waals surface area (Å²) >= 11 is 0. The van der Waals surface area contributed by atoms with Gasteiger partial charge >= 0.3 is 0 Å². The Morgan fingerprint density at radius 3 is 2.52 bits per heavy atom. The van der Waals surface area contributed by atoms with Crippen molar-refractivity contribution in [3.63, 3.8) is 0 Å². The van der Waals surface area contributed by atoms with Crippen LogP contribution in [0.3, 0.4) is 0 Å². The monoisotopic (exact) mass is 337 g/mol. The lowest BCUT2D eigenvalue weighted by atomic mass is 10.1. The van der Waals surface area contributed by atoms with Gasteiger partial charge in [0, 0.05) is 24.1 Å². The van der Waals surface area contributed by atoms with E-state index in [0.29, 0.717) is 30.2 Å². The van der Waals surface area contributed by atoms with Crippen molar-refractivity contribution in [3.8, 4) is 17.1 Å². The minimum Gasteiger partial charge on any atom is -0.497 e. The van der Waals surface area contributed by atoms with Gasteiger partial charge in [-0.1, -0.05) is 22.9 Å². The van der Waals surface area contributed by atoms with Crippen LogP contribution in [0.2, 0.25) is 0 Å². The molecular formula is C19H19N3O3. The highest BCUT2D eigenvalue weighted by Gasteiger charge is 2.10. The first-order valence-electron chi connectivity index (χ1n) is 7.97. The second kappa shape index (κ2) is 7.61. The second-order valence-electron chi connectivity index (χ2n) is 5.61. The van der Waals surface area contributed by atoms with Crippen LogP contribution in [0.5, 0.6) is 5.75 Å². The van der Waals surface area contributed by atoms with Crippen LogP contribution < -0.4 is 10.1 Å². The van der Waals surface area contributed by atoms with Crippen molar-refractivity contribution in [1.82, 2.24) is 15.5 Å². The highest BCUT2D eigenvalue weighted by Crippen LogP contribution is 2.19. The van der Waals surface area contributed by atoms with E-state index < -0.39 is 0 Å². The summed E-state index contributed by atoms with van der Waals surface area (Å²) in [6.45, 7) is 2.41. The summed E-state index contributed by atoms with van der Waals surface area (Å²) in [4.78, 5) is 16.4. The first-order valence-corrected chi connectivity index (χ1v) is 7.97. The fraction of sp³-hybridized carbons (Fsp3) is 0.211. The Morgan fingerprint density at radius 1 is 1.12 bits per heavy atom. The van der Waals surface area contributed by atoms with E-state index >= 15 is 0 Å². The number of benzene rings is 2. The van der Waals surface area contributed by atoms with Crippen molar-refractivity contribution < 1.29 is 14.1 Å². The Bertz CT molecular complexity index is 839. The van der Waals surface area contributed by atoms with E-state index in [1.165, 1.54) is 0 Å². The molecule has 0 atom stereocenters. The van der Waals surface area contributed by atoms with Crippen molar-refractivity contribution in [3.05, 3.63) is 65.5 Å². The molecule has 128 valence electrons. The number of rotatable bonds is 6. The Hall–Kier alpha value is -3.15. The lowest BCUT2D eigenvalue weighted by Crippen LogP contribution is -2.25. The van der Waals surface area contributed by atoms with Gasteiger partial charge in [-0.15, -0.1) is 0 Å². The number of hydrogen-bond donors (Lipinski definition) is 1. The lowest BCUT2D eigenvalue weighted by Gasteiger charge is -2.03. The zero-order chi connectivity index (χ0) is 17.6. The van der Waals surface area contributed by atoms with E-state index in [-0.39, 0.29) is 5.91 Å². The maximum Gasteiger partial charge on any atom is 0.251 e. The zero-order valence-electron chi connectivity index (χ0n) is 14.2. The molecule has 0 aliphatic carbocycles. The summed E-state index contributed by atoms with van der Waals surface area (Å²) in [6, 6.07) is 14.8. The molecule has 0 aliphatic rings. The molecule has 0 saturated carbocycles. The summed E-state index contributed by atoms with van der Waals surface area (Å²) in [5.74, 6) is 1.65. The highest BCUT2D eigenvalue weighted by molar-refractivity contribution is 5.94. The highest BCUT2D eigenvalue weighted by atomic mass is 16.5. The maximum atomic E-state index is 12.0. The van der Waals surface area contributed by atoms with Crippen molar-refractivity contribution in [2.45, 2.75) is 13.3 Å².